The topological polar surface area (TPSA) is 0 Å². The lowest BCUT2D eigenvalue weighted by atomic mass is 10.1. The average Bonchev–Trinajstić information content (AvgIpc) is 2.98. The molecule has 32 heavy (non-hydrogen) atoms. The molecule has 0 bridgehead atoms. The summed E-state index contributed by atoms with van der Waals surface area (Å²) < 4.78 is 0. The highest BCUT2D eigenvalue weighted by Crippen LogP contribution is 2.17. The molecular formula is C32H58. The molecule has 186 valence electrons. The van der Waals surface area contributed by atoms with Gasteiger partial charge in [-0.2, -0.15) is 0 Å². The van der Waals surface area contributed by atoms with Crippen LogP contribution in [0.4, 0.5) is 0 Å². The van der Waals surface area contributed by atoms with Crippen LogP contribution in [0.15, 0.2) is 97.1 Å². The molecule has 0 aromatic heterocycles. The number of hydrogen-bond donors (Lipinski definition) is 0. The predicted octanol–water partition coefficient (Wildman–Crippen LogP) is 12.2. The molecule has 0 unspecified atom stereocenters. The molecule has 0 aliphatic rings. The Bertz CT molecular complexity index is 463. The zero-order chi connectivity index (χ0) is 26.5. The van der Waals surface area contributed by atoms with Gasteiger partial charge in [-0.1, -0.05) is 194 Å². The van der Waals surface area contributed by atoms with Gasteiger partial charge >= 0.3 is 0 Å². The third kappa shape index (κ3) is 35.1. The zero-order valence-electron chi connectivity index (χ0n) is 24.2. The molecule has 0 heteroatoms. The van der Waals surface area contributed by atoms with Crippen LogP contribution in [0.25, 0.3) is 11.1 Å². The first-order valence-corrected chi connectivity index (χ1v) is 13.1. The minimum Gasteiger partial charge on any atom is -0.0683 e. The Labute approximate surface area is 205 Å². The second-order valence-electron chi connectivity index (χ2n) is 3.89. The van der Waals surface area contributed by atoms with E-state index in [1.807, 2.05) is 145 Å². The van der Waals surface area contributed by atoms with Crippen LogP contribution in [0.2, 0.25) is 0 Å². The first kappa shape index (κ1) is 43.5. The van der Waals surface area contributed by atoms with Gasteiger partial charge in [0.1, 0.15) is 0 Å². The fourth-order valence-corrected chi connectivity index (χ4v) is 1.65. The molecule has 0 heterocycles. The molecule has 0 fully saturated rings. The van der Waals surface area contributed by atoms with E-state index in [1.54, 1.807) is 0 Å². The summed E-state index contributed by atoms with van der Waals surface area (Å²) >= 11 is 0. The monoisotopic (exact) mass is 442 g/mol. The van der Waals surface area contributed by atoms with E-state index in [0.717, 1.165) is 0 Å². The van der Waals surface area contributed by atoms with Gasteiger partial charge in [0, 0.05) is 0 Å². The van der Waals surface area contributed by atoms with E-state index in [2.05, 4.69) is 48.5 Å². The number of benzene rings is 3. The Morgan fingerprint density at radius 2 is 0.344 bits per heavy atom. The first-order chi connectivity index (χ1) is 16.0. The maximum absolute atomic E-state index is 2.12. The van der Waals surface area contributed by atoms with E-state index in [1.165, 1.54) is 11.1 Å². The highest BCUT2D eigenvalue weighted by atomic mass is 14.0. The Kier molecular flexibility index (Phi) is 77.2. The van der Waals surface area contributed by atoms with Gasteiger partial charge < -0.3 is 0 Å². The summed E-state index contributed by atoms with van der Waals surface area (Å²) in [4.78, 5) is 0. The van der Waals surface area contributed by atoms with Gasteiger partial charge in [0.15, 0.2) is 0 Å². The van der Waals surface area contributed by atoms with Crippen molar-refractivity contribution in [1.29, 1.82) is 0 Å². The lowest BCUT2D eigenvalue weighted by molar-refractivity contribution is 1.50. The maximum atomic E-state index is 2.12. The molecule has 0 aliphatic carbocycles. The van der Waals surface area contributed by atoms with Gasteiger partial charge in [0.2, 0.25) is 0 Å². The molecular weight excluding hydrogens is 384 g/mol. The minimum atomic E-state index is 1.28. The van der Waals surface area contributed by atoms with Gasteiger partial charge in [-0.3, -0.25) is 0 Å². The van der Waals surface area contributed by atoms with Crippen LogP contribution in [0.1, 0.15) is 96.9 Å². The standard InChI is InChI=1S/C12H10.C6H6.7C2H6/c1-3-7-11(8-4-1)12-9-5-2-6-10-12;1-2-4-6-5-3-1;7*1-2/h1-10H;1-6H;7*1-2H3. The van der Waals surface area contributed by atoms with Crippen molar-refractivity contribution < 1.29 is 0 Å². The van der Waals surface area contributed by atoms with E-state index in [-0.39, 0.29) is 0 Å². The zero-order valence-corrected chi connectivity index (χ0v) is 24.2. The van der Waals surface area contributed by atoms with Crippen molar-refractivity contribution in [2.75, 3.05) is 0 Å². The van der Waals surface area contributed by atoms with Crippen molar-refractivity contribution >= 4 is 0 Å². The van der Waals surface area contributed by atoms with Crippen LogP contribution < -0.4 is 0 Å². The second kappa shape index (κ2) is 56.7. The van der Waals surface area contributed by atoms with Crippen LogP contribution in [0.3, 0.4) is 0 Å². The summed E-state index contributed by atoms with van der Waals surface area (Å²) in [6.45, 7) is 28.0. The third-order valence-electron chi connectivity index (χ3n) is 2.55. The van der Waals surface area contributed by atoms with Gasteiger partial charge in [-0.15, -0.1) is 0 Å². The summed E-state index contributed by atoms with van der Waals surface area (Å²) in [7, 11) is 0. The first-order valence-electron chi connectivity index (χ1n) is 13.1. The highest BCUT2D eigenvalue weighted by molar-refractivity contribution is 5.62. The number of rotatable bonds is 1. The molecule has 0 saturated carbocycles. The van der Waals surface area contributed by atoms with E-state index in [9.17, 15) is 0 Å². The van der Waals surface area contributed by atoms with Crippen molar-refractivity contribution in [3.8, 4) is 11.1 Å². The van der Waals surface area contributed by atoms with Crippen LogP contribution in [0.5, 0.6) is 0 Å². The molecule has 0 radical (unpaired) electrons. The van der Waals surface area contributed by atoms with Crippen LogP contribution in [-0.2, 0) is 0 Å². The van der Waals surface area contributed by atoms with Crippen molar-refractivity contribution in [1.82, 2.24) is 0 Å². The molecule has 0 atom stereocenters. The van der Waals surface area contributed by atoms with E-state index < -0.39 is 0 Å². The van der Waals surface area contributed by atoms with E-state index in [4.69, 9.17) is 0 Å². The summed E-state index contributed by atoms with van der Waals surface area (Å²) in [5.41, 5.74) is 2.55. The third-order valence-corrected chi connectivity index (χ3v) is 2.55. The van der Waals surface area contributed by atoms with Crippen molar-refractivity contribution in [2.24, 2.45) is 0 Å². The van der Waals surface area contributed by atoms with E-state index >= 15 is 0 Å². The molecule has 0 saturated heterocycles. The Morgan fingerprint density at radius 3 is 0.500 bits per heavy atom. The van der Waals surface area contributed by atoms with Crippen LogP contribution in [-0.4, -0.2) is 0 Å². The Hall–Kier alpha value is -2.34. The fraction of sp³-hybridized carbons (Fsp3) is 0.438. The summed E-state index contributed by atoms with van der Waals surface area (Å²) in [5.74, 6) is 0. The largest absolute Gasteiger partial charge is 0.0683 e. The second-order valence-corrected chi connectivity index (χ2v) is 3.89. The summed E-state index contributed by atoms with van der Waals surface area (Å²) in [5, 5.41) is 0. The normalized spacial score (nSPS) is 6.44. The lowest BCUT2D eigenvalue weighted by Gasteiger charge is -1.98. The molecule has 0 N–H and O–H groups in total. The highest BCUT2D eigenvalue weighted by Gasteiger charge is 1.91. The molecule has 3 aromatic carbocycles. The summed E-state index contributed by atoms with van der Waals surface area (Å²) in [6, 6.07) is 32.8. The molecule has 0 aliphatic heterocycles. The smallest absolute Gasteiger partial charge is 0.0184 e. The van der Waals surface area contributed by atoms with Gasteiger partial charge in [-0.05, 0) is 11.1 Å². The lowest BCUT2D eigenvalue weighted by Crippen LogP contribution is -1.73. The minimum absolute atomic E-state index is 1.28. The number of hydrogen-bond acceptors (Lipinski definition) is 0. The van der Waals surface area contributed by atoms with Crippen molar-refractivity contribution in [3.63, 3.8) is 0 Å². The Balaban J connectivity index is -0.0000000724. The fourth-order valence-electron chi connectivity index (χ4n) is 1.65. The van der Waals surface area contributed by atoms with E-state index in [0.29, 0.717) is 0 Å². The van der Waals surface area contributed by atoms with Crippen LogP contribution >= 0.6 is 0 Å². The molecule has 0 amide bonds. The van der Waals surface area contributed by atoms with Gasteiger partial charge in [-0.25, -0.2) is 0 Å². The predicted molar refractivity (Wildman–Crippen MR) is 158 cm³/mol. The van der Waals surface area contributed by atoms with Crippen molar-refractivity contribution in [2.45, 2.75) is 96.9 Å². The Morgan fingerprint density at radius 1 is 0.219 bits per heavy atom. The quantitative estimate of drug-likeness (QED) is 0.351. The molecule has 3 aromatic rings. The van der Waals surface area contributed by atoms with Crippen molar-refractivity contribution in [3.05, 3.63) is 97.1 Å². The molecule has 3 rings (SSSR count). The van der Waals surface area contributed by atoms with Crippen LogP contribution in [0, 0.1) is 0 Å². The van der Waals surface area contributed by atoms with Gasteiger partial charge in [0.25, 0.3) is 0 Å². The average molecular weight is 443 g/mol. The summed E-state index contributed by atoms with van der Waals surface area (Å²) in [6.07, 6.45) is 0. The molecule has 0 nitrogen and oxygen atoms in total. The molecule has 0 spiro atoms. The maximum Gasteiger partial charge on any atom is -0.0184 e. The SMILES string of the molecule is CC.CC.CC.CC.CC.CC.CC.c1ccc(-c2ccccc2)cc1.c1ccccc1. The van der Waals surface area contributed by atoms with Gasteiger partial charge in [0.05, 0.1) is 0 Å².